The average molecular weight is 235 g/mol. The van der Waals surface area contributed by atoms with Crippen molar-refractivity contribution in [2.24, 2.45) is 0 Å². The van der Waals surface area contributed by atoms with Crippen LogP contribution in [0.1, 0.15) is 29.8 Å². The van der Waals surface area contributed by atoms with E-state index in [0.29, 0.717) is 13.1 Å². The van der Waals surface area contributed by atoms with E-state index in [2.05, 4.69) is 6.58 Å². The lowest BCUT2D eigenvalue weighted by molar-refractivity contribution is 0.0773. The van der Waals surface area contributed by atoms with Crippen LogP contribution in [-0.4, -0.2) is 23.9 Å². The molecule has 0 saturated heterocycles. The molecule has 0 radical (unpaired) electrons. The number of benzene rings is 1. The number of carbonyl (C=O) groups is 1. The van der Waals surface area contributed by atoms with Gasteiger partial charge in [-0.3, -0.25) is 4.79 Å². The molecule has 0 aliphatic heterocycles. The molecule has 0 N–H and O–H groups in total. The number of amides is 1. The Kier molecular flexibility index (Phi) is 4.44. The molecular weight excluding hydrogens is 217 g/mol. The van der Waals surface area contributed by atoms with E-state index in [4.69, 9.17) is 0 Å². The van der Waals surface area contributed by atoms with Gasteiger partial charge in [0.05, 0.1) is 5.56 Å². The second-order valence-electron chi connectivity index (χ2n) is 4.26. The molecule has 0 aromatic heterocycles. The standard InChI is InChI=1S/C14H18FNO/c1-5-16(9-10(2)3)14(17)12-7-6-11(4)8-13(12)15/h6-8H,2,5,9H2,1,3-4H3. The third kappa shape index (κ3) is 3.41. The summed E-state index contributed by atoms with van der Waals surface area (Å²) in [6, 6.07) is 4.65. The summed E-state index contributed by atoms with van der Waals surface area (Å²) in [7, 11) is 0. The molecule has 0 unspecified atom stereocenters. The lowest BCUT2D eigenvalue weighted by Gasteiger charge is -2.21. The fourth-order valence-electron chi connectivity index (χ4n) is 1.62. The summed E-state index contributed by atoms with van der Waals surface area (Å²) in [5.41, 5.74) is 1.81. The van der Waals surface area contributed by atoms with Gasteiger partial charge in [-0.25, -0.2) is 4.39 Å². The van der Waals surface area contributed by atoms with Crippen molar-refractivity contribution < 1.29 is 9.18 Å². The zero-order valence-corrected chi connectivity index (χ0v) is 10.6. The third-order valence-corrected chi connectivity index (χ3v) is 2.48. The van der Waals surface area contributed by atoms with Gasteiger partial charge in [0.2, 0.25) is 0 Å². The molecule has 1 aromatic rings. The van der Waals surface area contributed by atoms with E-state index in [0.717, 1.165) is 11.1 Å². The Bertz CT molecular complexity index is 440. The maximum atomic E-state index is 13.7. The highest BCUT2D eigenvalue weighted by Gasteiger charge is 2.17. The maximum Gasteiger partial charge on any atom is 0.257 e. The quantitative estimate of drug-likeness (QED) is 0.734. The van der Waals surface area contributed by atoms with Gasteiger partial charge in [0, 0.05) is 13.1 Å². The number of likely N-dealkylation sites (N-methyl/N-ethyl adjacent to an activating group) is 1. The van der Waals surface area contributed by atoms with Crippen LogP contribution < -0.4 is 0 Å². The molecular formula is C14H18FNO. The number of carbonyl (C=O) groups excluding carboxylic acids is 1. The molecule has 0 fully saturated rings. The molecule has 0 aliphatic rings. The Morgan fingerprint density at radius 3 is 2.59 bits per heavy atom. The molecule has 1 amide bonds. The van der Waals surface area contributed by atoms with Crippen LogP contribution >= 0.6 is 0 Å². The van der Waals surface area contributed by atoms with Gasteiger partial charge in [-0.05, 0) is 38.5 Å². The summed E-state index contributed by atoms with van der Waals surface area (Å²) in [5, 5.41) is 0. The van der Waals surface area contributed by atoms with Crippen molar-refractivity contribution in [2.45, 2.75) is 20.8 Å². The predicted molar refractivity (Wildman–Crippen MR) is 67.5 cm³/mol. The van der Waals surface area contributed by atoms with Crippen molar-refractivity contribution >= 4 is 5.91 Å². The van der Waals surface area contributed by atoms with Gasteiger partial charge < -0.3 is 4.90 Å². The molecule has 0 bridgehead atoms. The van der Waals surface area contributed by atoms with Crippen LogP contribution in [0.25, 0.3) is 0 Å². The molecule has 17 heavy (non-hydrogen) atoms. The Balaban J connectivity index is 2.97. The SMILES string of the molecule is C=C(C)CN(CC)C(=O)c1ccc(C)cc1F. The van der Waals surface area contributed by atoms with E-state index in [1.54, 1.807) is 17.9 Å². The first-order chi connectivity index (χ1) is 7.95. The Morgan fingerprint density at radius 2 is 2.12 bits per heavy atom. The van der Waals surface area contributed by atoms with E-state index in [-0.39, 0.29) is 11.5 Å². The van der Waals surface area contributed by atoms with Crippen molar-refractivity contribution in [2.75, 3.05) is 13.1 Å². The lowest BCUT2D eigenvalue weighted by Crippen LogP contribution is -2.32. The highest BCUT2D eigenvalue weighted by Crippen LogP contribution is 2.13. The molecule has 0 aliphatic carbocycles. The van der Waals surface area contributed by atoms with Crippen molar-refractivity contribution in [3.63, 3.8) is 0 Å². The zero-order chi connectivity index (χ0) is 13.0. The number of aryl methyl sites for hydroxylation is 1. The topological polar surface area (TPSA) is 20.3 Å². The van der Waals surface area contributed by atoms with Crippen LogP contribution in [0.2, 0.25) is 0 Å². The Morgan fingerprint density at radius 1 is 1.47 bits per heavy atom. The van der Waals surface area contributed by atoms with E-state index < -0.39 is 5.82 Å². The number of hydrogen-bond acceptors (Lipinski definition) is 1. The second kappa shape index (κ2) is 5.62. The third-order valence-electron chi connectivity index (χ3n) is 2.48. The number of rotatable bonds is 4. The van der Waals surface area contributed by atoms with Gasteiger partial charge in [-0.2, -0.15) is 0 Å². The first kappa shape index (κ1) is 13.4. The van der Waals surface area contributed by atoms with Gasteiger partial charge in [0.15, 0.2) is 0 Å². The summed E-state index contributed by atoms with van der Waals surface area (Å²) < 4.78 is 13.7. The Hall–Kier alpha value is -1.64. The molecule has 92 valence electrons. The molecule has 0 spiro atoms. The Labute approximate surface area is 102 Å². The summed E-state index contributed by atoms with van der Waals surface area (Å²) in [5.74, 6) is -0.747. The van der Waals surface area contributed by atoms with Gasteiger partial charge >= 0.3 is 0 Å². The number of hydrogen-bond donors (Lipinski definition) is 0. The first-order valence-electron chi connectivity index (χ1n) is 5.65. The van der Waals surface area contributed by atoms with Crippen LogP contribution in [0.4, 0.5) is 4.39 Å². The highest BCUT2D eigenvalue weighted by molar-refractivity contribution is 5.94. The monoisotopic (exact) mass is 235 g/mol. The molecule has 3 heteroatoms. The highest BCUT2D eigenvalue weighted by atomic mass is 19.1. The lowest BCUT2D eigenvalue weighted by atomic mass is 10.1. The normalized spacial score (nSPS) is 10.1. The second-order valence-corrected chi connectivity index (χ2v) is 4.26. The van der Waals surface area contributed by atoms with Gasteiger partial charge in [-0.1, -0.05) is 18.2 Å². The van der Waals surface area contributed by atoms with Crippen LogP contribution in [0.15, 0.2) is 30.4 Å². The minimum atomic E-state index is -0.463. The van der Waals surface area contributed by atoms with E-state index >= 15 is 0 Å². The van der Waals surface area contributed by atoms with Crippen LogP contribution in [0.5, 0.6) is 0 Å². The van der Waals surface area contributed by atoms with E-state index in [1.165, 1.54) is 12.1 Å². The van der Waals surface area contributed by atoms with E-state index in [1.807, 2.05) is 13.8 Å². The largest absolute Gasteiger partial charge is 0.335 e. The van der Waals surface area contributed by atoms with Crippen molar-refractivity contribution in [1.82, 2.24) is 4.90 Å². The predicted octanol–water partition coefficient (Wildman–Crippen LogP) is 3.17. The first-order valence-corrected chi connectivity index (χ1v) is 5.65. The van der Waals surface area contributed by atoms with Gasteiger partial charge in [0.1, 0.15) is 5.82 Å². The minimum Gasteiger partial charge on any atom is -0.335 e. The minimum absolute atomic E-state index is 0.124. The van der Waals surface area contributed by atoms with E-state index in [9.17, 15) is 9.18 Å². The smallest absolute Gasteiger partial charge is 0.257 e. The summed E-state index contributed by atoms with van der Waals surface area (Å²) in [4.78, 5) is 13.7. The van der Waals surface area contributed by atoms with Gasteiger partial charge in [0.25, 0.3) is 5.91 Å². The van der Waals surface area contributed by atoms with Crippen molar-refractivity contribution in [1.29, 1.82) is 0 Å². The zero-order valence-electron chi connectivity index (χ0n) is 10.6. The van der Waals surface area contributed by atoms with Crippen molar-refractivity contribution in [3.05, 3.63) is 47.3 Å². The summed E-state index contributed by atoms with van der Waals surface area (Å²) >= 11 is 0. The van der Waals surface area contributed by atoms with Gasteiger partial charge in [-0.15, -0.1) is 0 Å². The molecule has 1 aromatic carbocycles. The molecule has 0 atom stereocenters. The molecule has 0 saturated carbocycles. The van der Waals surface area contributed by atoms with Crippen LogP contribution in [0, 0.1) is 12.7 Å². The molecule has 2 nitrogen and oxygen atoms in total. The molecule has 0 heterocycles. The number of nitrogens with zero attached hydrogens (tertiary/aromatic N) is 1. The summed E-state index contributed by atoms with van der Waals surface area (Å²) in [6.07, 6.45) is 0. The van der Waals surface area contributed by atoms with Crippen LogP contribution in [0.3, 0.4) is 0 Å². The van der Waals surface area contributed by atoms with Crippen LogP contribution in [-0.2, 0) is 0 Å². The fraction of sp³-hybridized carbons (Fsp3) is 0.357. The maximum absolute atomic E-state index is 13.7. The van der Waals surface area contributed by atoms with Crippen molar-refractivity contribution in [3.8, 4) is 0 Å². The summed E-state index contributed by atoms with van der Waals surface area (Å²) in [6.45, 7) is 10.3. The molecule has 1 rings (SSSR count). The average Bonchev–Trinajstić information content (AvgIpc) is 2.24. The fourth-order valence-corrected chi connectivity index (χ4v) is 1.62. The number of halogens is 1.